The molecule has 0 saturated carbocycles. The second-order valence-corrected chi connectivity index (χ2v) is 3.67. The zero-order valence-electron chi connectivity index (χ0n) is 8.37. The highest BCUT2D eigenvalue weighted by Gasteiger charge is 2.14. The Morgan fingerprint density at radius 2 is 2.50 bits per heavy atom. The highest BCUT2D eigenvalue weighted by atomic mass is 16.5. The molecule has 1 aromatic rings. The van der Waals surface area contributed by atoms with Crippen LogP contribution in [0.25, 0.3) is 0 Å². The van der Waals surface area contributed by atoms with Crippen LogP contribution in [0.2, 0.25) is 0 Å². The predicted molar refractivity (Wildman–Crippen MR) is 54.3 cm³/mol. The van der Waals surface area contributed by atoms with Crippen molar-refractivity contribution in [2.75, 3.05) is 19.7 Å². The van der Waals surface area contributed by atoms with E-state index in [0.717, 1.165) is 31.9 Å². The quantitative estimate of drug-likeness (QED) is 0.724. The Kier molecular flexibility index (Phi) is 3.60. The molecular formula is C11H17NO2. The molecule has 2 heterocycles. The summed E-state index contributed by atoms with van der Waals surface area (Å²) in [5.41, 5.74) is 0. The summed E-state index contributed by atoms with van der Waals surface area (Å²) >= 11 is 0. The molecule has 0 aliphatic carbocycles. The van der Waals surface area contributed by atoms with Crippen LogP contribution in [-0.2, 0) is 11.2 Å². The number of furan rings is 1. The molecule has 78 valence electrons. The molecule has 1 saturated heterocycles. The molecule has 3 nitrogen and oxygen atoms in total. The highest BCUT2D eigenvalue weighted by Crippen LogP contribution is 2.10. The number of hydrogen-bond donors (Lipinski definition) is 1. The molecule has 1 aliphatic heterocycles. The summed E-state index contributed by atoms with van der Waals surface area (Å²) in [6.07, 6.45) is 5.53. The zero-order valence-corrected chi connectivity index (χ0v) is 8.37. The molecule has 1 unspecified atom stereocenters. The molecule has 1 N–H and O–H groups in total. The second-order valence-electron chi connectivity index (χ2n) is 3.67. The van der Waals surface area contributed by atoms with Crippen molar-refractivity contribution in [2.45, 2.75) is 25.4 Å². The SMILES string of the molecule is c1coc(CCNCC2CCCO2)c1. The van der Waals surface area contributed by atoms with E-state index in [1.807, 2.05) is 12.1 Å². The van der Waals surface area contributed by atoms with Gasteiger partial charge < -0.3 is 14.5 Å². The Bertz CT molecular complexity index is 240. The van der Waals surface area contributed by atoms with Gasteiger partial charge in [0.25, 0.3) is 0 Å². The first-order valence-electron chi connectivity index (χ1n) is 5.30. The largest absolute Gasteiger partial charge is 0.469 e. The first kappa shape index (κ1) is 9.74. The molecule has 0 spiro atoms. The van der Waals surface area contributed by atoms with Crippen LogP contribution in [0.15, 0.2) is 22.8 Å². The first-order valence-corrected chi connectivity index (χ1v) is 5.30. The summed E-state index contributed by atoms with van der Waals surface area (Å²) < 4.78 is 10.7. The Morgan fingerprint density at radius 1 is 1.50 bits per heavy atom. The van der Waals surface area contributed by atoms with Crippen molar-refractivity contribution in [1.29, 1.82) is 0 Å². The van der Waals surface area contributed by atoms with Crippen LogP contribution in [0.5, 0.6) is 0 Å². The van der Waals surface area contributed by atoms with Crippen LogP contribution < -0.4 is 5.32 Å². The van der Waals surface area contributed by atoms with Crippen molar-refractivity contribution >= 4 is 0 Å². The van der Waals surface area contributed by atoms with Crippen molar-refractivity contribution in [3.05, 3.63) is 24.2 Å². The number of hydrogen-bond acceptors (Lipinski definition) is 3. The molecule has 14 heavy (non-hydrogen) atoms. The van der Waals surface area contributed by atoms with Crippen LogP contribution in [0.1, 0.15) is 18.6 Å². The second kappa shape index (κ2) is 5.17. The van der Waals surface area contributed by atoms with Crippen LogP contribution in [0, 0.1) is 0 Å². The Labute approximate surface area is 84.4 Å². The van der Waals surface area contributed by atoms with Gasteiger partial charge in [0, 0.05) is 26.1 Å². The normalized spacial score (nSPS) is 21.6. The van der Waals surface area contributed by atoms with E-state index in [2.05, 4.69) is 5.32 Å². The monoisotopic (exact) mass is 195 g/mol. The Morgan fingerprint density at radius 3 is 3.21 bits per heavy atom. The van der Waals surface area contributed by atoms with Crippen molar-refractivity contribution < 1.29 is 9.15 Å². The number of nitrogens with one attached hydrogen (secondary N) is 1. The molecule has 1 fully saturated rings. The molecule has 0 amide bonds. The summed E-state index contributed by atoms with van der Waals surface area (Å²) in [5, 5.41) is 3.38. The fraction of sp³-hybridized carbons (Fsp3) is 0.636. The molecule has 1 atom stereocenters. The fourth-order valence-electron chi connectivity index (χ4n) is 1.73. The molecule has 2 rings (SSSR count). The van der Waals surface area contributed by atoms with E-state index in [0.29, 0.717) is 6.10 Å². The van der Waals surface area contributed by atoms with E-state index >= 15 is 0 Å². The van der Waals surface area contributed by atoms with E-state index in [9.17, 15) is 0 Å². The minimum Gasteiger partial charge on any atom is -0.469 e. The van der Waals surface area contributed by atoms with Crippen molar-refractivity contribution in [3.63, 3.8) is 0 Å². The van der Waals surface area contributed by atoms with Crippen molar-refractivity contribution in [2.24, 2.45) is 0 Å². The van der Waals surface area contributed by atoms with Gasteiger partial charge >= 0.3 is 0 Å². The van der Waals surface area contributed by atoms with Gasteiger partial charge in [-0.3, -0.25) is 0 Å². The maximum atomic E-state index is 5.50. The van der Waals surface area contributed by atoms with Gasteiger partial charge in [-0.2, -0.15) is 0 Å². The van der Waals surface area contributed by atoms with E-state index in [1.54, 1.807) is 6.26 Å². The van der Waals surface area contributed by atoms with E-state index in [-0.39, 0.29) is 0 Å². The van der Waals surface area contributed by atoms with Gasteiger partial charge in [-0.15, -0.1) is 0 Å². The van der Waals surface area contributed by atoms with Gasteiger partial charge in [-0.05, 0) is 25.0 Å². The summed E-state index contributed by atoms with van der Waals surface area (Å²) in [6, 6.07) is 3.93. The lowest BCUT2D eigenvalue weighted by molar-refractivity contribution is 0.110. The van der Waals surface area contributed by atoms with Gasteiger partial charge in [0.2, 0.25) is 0 Å². The van der Waals surface area contributed by atoms with Gasteiger partial charge in [0.15, 0.2) is 0 Å². The highest BCUT2D eigenvalue weighted by molar-refractivity contribution is 4.98. The summed E-state index contributed by atoms with van der Waals surface area (Å²) in [7, 11) is 0. The van der Waals surface area contributed by atoms with Crippen LogP contribution >= 0.6 is 0 Å². The van der Waals surface area contributed by atoms with Crippen LogP contribution in [0.4, 0.5) is 0 Å². The van der Waals surface area contributed by atoms with E-state index in [1.165, 1.54) is 12.8 Å². The van der Waals surface area contributed by atoms with Crippen molar-refractivity contribution in [1.82, 2.24) is 5.32 Å². The average molecular weight is 195 g/mol. The predicted octanol–water partition coefficient (Wildman–Crippen LogP) is 1.59. The Hall–Kier alpha value is -0.800. The fourth-order valence-corrected chi connectivity index (χ4v) is 1.73. The van der Waals surface area contributed by atoms with Gasteiger partial charge in [-0.25, -0.2) is 0 Å². The minimum atomic E-state index is 0.437. The standard InChI is InChI=1S/C11H17NO2/c1-3-10(13-7-1)5-6-12-9-11-4-2-8-14-11/h1,3,7,11-12H,2,4-6,8-9H2. The Balaban J connectivity index is 1.55. The maximum Gasteiger partial charge on any atom is 0.105 e. The third kappa shape index (κ3) is 2.86. The summed E-state index contributed by atoms with van der Waals surface area (Å²) in [4.78, 5) is 0. The van der Waals surface area contributed by atoms with Gasteiger partial charge in [0.05, 0.1) is 12.4 Å². The summed E-state index contributed by atoms with van der Waals surface area (Å²) in [6.45, 7) is 2.87. The molecular weight excluding hydrogens is 178 g/mol. The molecule has 3 heteroatoms. The molecule has 0 aromatic carbocycles. The van der Waals surface area contributed by atoms with Crippen LogP contribution in [-0.4, -0.2) is 25.8 Å². The molecule has 1 aromatic heterocycles. The minimum absolute atomic E-state index is 0.437. The molecule has 0 radical (unpaired) electrons. The third-order valence-electron chi connectivity index (χ3n) is 2.52. The third-order valence-corrected chi connectivity index (χ3v) is 2.52. The van der Waals surface area contributed by atoms with Gasteiger partial charge in [0.1, 0.15) is 5.76 Å². The van der Waals surface area contributed by atoms with Crippen LogP contribution in [0.3, 0.4) is 0 Å². The van der Waals surface area contributed by atoms with E-state index < -0.39 is 0 Å². The maximum absolute atomic E-state index is 5.50. The number of rotatable bonds is 5. The van der Waals surface area contributed by atoms with Crippen molar-refractivity contribution in [3.8, 4) is 0 Å². The lowest BCUT2D eigenvalue weighted by atomic mass is 10.2. The van der Waals surface area contributed by atoms with E-state index in [4.69, 9.17) is 9.15 Å². The zero-order chi connectivity index (χ0) is 9.64. The first-order chi connectivity index (χ1) is 6.95. The molecule has 1 aliphatic rings. The summed E-state index contributed by atoms with van der Waals surface area (Å²) in [5.74, 6) is 1.05. The smallest absolute Gasteiger partial charge is 0.105 e. The topological polar surface area (TPSA) is 34.4 Å². The lowest BCUT2D eigenvalue weighted by Crippen LogP contribution is -2.27. The average Bonchev–Trinajstić information content (AvgIpc) is 2.86. The number of ether oxygens (including phenoxy) is 1. The molecule has 0 bridgehead atoms. The lowest BCUT2D eigenvalue weighted by Gasteiger charge is -2.09. The van der Waals surface area contributed by atoms with Gasteiger partial charge in [-0.1, -0.05) is 0 Å².